The van der Waals surface area contributed by atoms with Crippen molar-refractivity contribution >= 4 is 28.1 Å². The van der Waals surface area contributed by atoms with Crippen LogP contribution in [0.15, 0.2) is 11.6 Å². The highest BCUT2D eigenvalue weighted by atomic mass is 32.1. The summed E-state index contributed by atoms with van der Waals surface area (Å²) in [5.41, 5.74) is 0.241. The zero-order valence-electron chi connectivity index (χ0n) is 11.4. The molecular weight excluding hydrogens is 278 g/mol. The molecule has 6 nitrogen and oxygen atoms in total. The number of nitrogens with zero attached hydrogens (tertiary/aromatic N) is 3. The molecule has 3 rings (SSSR count). The molecule has 1 aliphatic heterocycles. The van der Waals surface area contributed by atoms with Gasteiger partial charge in [-0.05, 0) is 12.3 Å². The van der Waals surface area contributed by atoms with E-state index < -0.39 is 5.97 Å². The van der Waals surface area contributed by atoms with E-state index in [1.165, 1.54) is 11.3 Å². The van der Waals surface area contributed by atoms with Gasteiger partial charge in [0.05, 0.1) is 6.10 Å². The molecule has 2 atom stereocenters. The lowest BCUT2D eigenvalue weighted by Gasteiger charge is -2.36. The summed E-state index contributed by atoms with van der Waals surface area (Å²) in [7, 11) is 1.70. The zero-order chi connectivity index (χ0) is 14.3. The van der Waals surface area contributed by atoms with Crippen LogP contribution in [0.25, 0.3) is 4.96 Å². The molecule has 20 heavy (non-hydrogen) atoms. The minimum atomic E-state index is -0.946. The van der Waals surface area contributed by atoms with Gasteiger partial charge < -0.3 is 14.7 Å². The molecule has 0 saturated carbocycles. The third-order valence-corrected chi connectivity index (χ3v) is 4.69. The van der Waals surface area contributed by atoms with Crippen molar-refractivity contribution in [3.63, 3.8) is 0 Å². The van der Waals surface area contributed by atoms with Crippen molar-refractivity contribution in [2.24, 2.45) is 5.92 Å². The number of aromatic carboxylic acids is 1. The van der Waals surface area contributed by atoms with Crippen LogP contribution in [0.5, 0.6) is 0 Å². The van der Waals surface area contributed by atoms with Crippen LogP contribution in [0, 0.1) is 5.92 Å². The van der Waals surface area contributed by atoms with Gasteiger partial charge in [-0.1, -0.05) is 6.92 Å². The number of methoxy groups -OCH3 is 1. The van der Waals surface area contributed by atoms with Gasteiger partial charge in [-0.25, -0.2) is 9.78 Å². The minimum Gasteiger partial charge on any atom is -0.476 e. The molecule has 2 unspecified atom stereocenters. The summed E-state index contributed by atoms with van der Waals surface area (Å²) in [6.45, 7) is 3.66. The van der Waals surface area contributed by atoms with E-state index in [1.54, 1.807) is 17.7 Å². The minimum absolute atomic E-state index is 0.116. The first kappa shape index (κ1) is 13.4. The zero-order valence-corrected chi connectivity index (χ0v) is 12.3. The summed E-state index contributed by atoms with van der Waals surface area (Å²) in [6, 6.07) is 0. The highest BCUT2D eigenvalue weighted by molar-refractivity contribution is 7.15. The Balaban J connectivity index is 1.99. The first-order valence-corrected chi connectivity index (χ1v) is 7.46. The lowest BCUT2D eigenvalue weighted by atomic mass is 9.96. The molecule has 2 aromatic rings. The number of carbonyl (C=O) groups is 1. The second kappa shape index (κ2) is 5.06. The van der Waals surface area contributed by atoms with Crippen LogP contribution in [0.3, 0.4) is 0 Å². The molecule has 0 aromatic carbocycles. The van der Waals surface area contributed by atoms with Crippen LogP contribution in [-0.4, -0.2) is 46.8 Å². The van der Waals surface area contributed by atoms with Gasteiger partial charge in [-0.2, -0.15) is 0 Å². The Hall–Kier alpha value is -1.60. The van der Waals surface area contributed by atoms with Gasteiger partial charge in [0.1, 0.15) is 0 Å². The first-order chi connectivity index (χ1) is 9.61. The van der Waals surface area contributed by atoms with E-state index in [2.05, 4.69) is 11.9 Å². The number of carboxylic acids is 1. The monoisotopic (exact) mass is 295 g/mol. The van der Waals surface area contributed by atoms with Crippen LogP contribution in [0.1, 0.15) is 23.8 Å². The van der Waals surface area contributed by atoms with Crippen molar-refractivity contribution < 1.29 is 14.6 Å². The largest absolute Gasteiger partial charge is 0.476 e. The summed E-state index contributed by atoms with van der Waals surface area (Å²) in [5, 5.41) is 11.3. The number of imidazole rings is 1. The van der Waals surface area contributed by atoms with Crippen molar-refractivity contribution in [3.8, 4) is 0 Å². The lowest BCUT2D eigenvalue weighted by Crippen LogP contribution is -2.44. The molecule has 0 spiro atoms. The number of fused-ring (bicyclic) bond motifs is 1. The fourth-order valence-corrected chi connectivity index (χ4v) is 3.44. The number of aromatic nitrogens is 2. The van der Waals surface area contributed by atoms with Crippen molar-refractivity contribution in [1.82, 2.24) is 9.38 Å². The number of carboxylic acid groups (broad SMARTS) is 1. The van der Waals surface area contributed by atoms with E-state index in [9.17, 15) is 9.90 Å². The fraction of sp³-hybridized carbons (Fsp3) is 0.538. The molecule has 7 heteroatoms. The molecule has 1 N–H and O–H groups in total. The van der Waals surface area contributed by atoms with E-state index in [1.807, 2.05) is 10.3 Å². The molecule has 1 saturated heterocycles. The maximum Gasteiger partial charge on any atom is 0.356 e. The molecule has 2 aromatic heterocycles. The van der Waals surface area contributed by atoms with Gasteiger partial charge in [0, 0.05) is 31.8 Å². The van der Waals surface area contributed by atoms with E-state index in [4.69, 9.17) is 4.74 Å². The van der Waals surface area contributed by atoms with E-state index in [0.717, 1.165) is 13.0 Å². The number of anilines is 1. The van der Waals surface area contributed by atoms with Crippen LogP contribution >= 0.6 is 11.3 Å². The maximum atomic E-state index is 11.5. The smallest absolute Gasteiger partial charge is 0.356 e. The van der Waals surface area contributed by atoms with Gasteiger partial charge >= 0.3 is 5.97 Å². The third-order valence-electron chi connectivity index (χ3n) is 3.94. The Labute approximate surface area is 120 Å². The predicted molar refractivity (Wildman–Crippen MR) is 76.8 cm³/mol. The third kappa shape index (κ3) is 2.06. The number of hydrogen-bond acceptors (Lipinski definition) is 5. The molecule has 0 aliphatic carbocycles. The molecule has 0 amide bonds. The highest BCUT2D eigenvalue weighted by Gasteiger charge is 2.31. The summed E-state index contributed by atoms with van der Waals surface area (Å²) >= 11 is 1.44. The summed E-state index contributed by atoms with van der Waals surface area (Å²) in [6.07, 6.45) is 2.84. The average Bonchev–Trinajstić information content (AvgIpc) is 2.98. The number of piperidine rings is 1. The normalized spacial score (nSPS) is 23.4. The van der Waals surface area contributed by atoms with E-state index in [-0.39, 0.29) is 11.8 Å². The van der Waals surface area contributed by atoms with Crippen molar-refractivity contribution in [2.75, 3.05) is 25.1 Å². The van der Waals surface area contributed by atoms with Crippen LogP contribution in [0.2, 0.25) is 0 Å². The second-order valence-electron chi connectivity index (χ2n) is 5.13. The maximum absolute atomic E-state index is 11.5. The fourth-order valence-electron chi connectivity index (χ4n) is 2.73. The quantitative estimate of drug-likeness (QED) is 0.937. The summed E-state index contributed by atoms with van der Waals surface area (Å²) in [4.78, 5) is 18.8. The van der Waals surface area contributed by atoms with Crippen molar-refractivity contribution in [2.45, 2.75) is 19.4 Å². The van der Waals surface area contributed by atoms with Gasteiger partial charge in [-0.3, -0.25) is 4.40 Å². The predicted octanol–water partition coefficient (Wildman–Crippen LogP) is 1.96. The molecule has 3 heterocycles. The SMILES string of the molecule is COC1CN(c2nc3sccn3c2C(=O)O)CCC1C. The number of ether oxygens (including phenoxy) is 1. The van der Waals surface area contributed by atoms with Crippen LogP contribution in [0.4, 0.5) is 5.82 Å². The first-order valence-electron chi connectivity index (χ1n) is 6.58. The molecule has 1 aliphatic rings. The molecule has 0 bridgehead atoms. The van der Waals surface area contributed by atoms with Crippen LogP contribution in [-0.2, 0) is 4.74 Å². The van der Waals surface area contributed by atoms with E-state index >= 15 is 0 Å². The standard InChI is InChI=1S/C13H17N3O3S/c1-8-3-4-15(7-9(8)19-2)11-10(12(17)18)16-5-6-20-13(16)14-11/h5-6,8-9H,3-4,7H2,1-2H3,(H,17,18). The van der Waals surface area contributed by atoms with Crippen molar-refractivity contribution in [3.05, 3.63) is 17.3 Å². The van der Waals surface area contributed by atoms with Gasteiger partial charge in [-0.15, -0.1) is 11.3 Å². The topological polar surface area (TPSA) is 67.1 Å². The number of hydrogen-bond donors (Lipinski definition) is 1. The summed E-state index contributed by atoms with van der Waals surface area (Å²) in [5.74, 6) is 0.0880. The van der Waals surface area contributed by atoms with Gasteiger partial charge in [0.15, 0.2) is 16.5 Å². The Bertz CT molecular complexity index is 636. The van der Waals surface area contributed by atoms with Gasteiger partial charge in [0.25, 0.3) is 0 Å². The lowest BCUT2D eigenvalue weighted by molar-refractivity contribution is 0.0494. The Morgan fingerprint density at radius 3 is 3.10 bits per heavy atom. The number of rotatable bonds is 3. The molecule has 0 radical (unpaired) electrons. The molecule has 1 fully saturated rings. The van der Waals surface area contributed by atoms with Crippen LogP contribution < -0.4 is 4.90 Å². The Morgan fingerprint density at radius 2 is 2.40 bits per heavy atom. The molecular formula is C13H17N3O3S. The van der Waals surface area contributed by atoms with Gasteiger partial charge in [0.2, 0.25) is 0 Å². The Morgan fingerprint density at radius 1 is 1.60 bits per heavy atom. The second-order valence-corrected chi connectivity index (χ2v) is 6.00. The molecule has 108 valence electrons. The Kier molecular flexibility index (Phi) is 3.39. The number of thiazole rings is 1. The highest BCUT2D eigenvalue weighted by Crippen LogP contribution is 2.29. The van der Waals surface area contributed by atoms with Crippen molar-refractivity contribution in [1.29, 1.82) is 0 Å². The van der Waals surface area contributed by atoms with E-state index in [0.29, 0.717) is 23.2 Å². The average molecular weight is 295 g/mol. The summed E-state index contributed by atoms with van der Waals surface area (Å²) < 4.78 is 7.13.